The zero-order chi connectivity index (χ0) is 24.9. The highest BCUT2D eigenvalue weighted by atomic mass is 32.2. The number of esters is 1. The Bertz CT molecular complexity index is 1290. The number of aryl methyl sites for hydroxylation is 1. The number of halogens is 1. The Balaban J connectivity index is 1.95. The zero-order valence-corrected chi connectivity index (χ0v) is 19.6. The molecule has 0 fully saturated rings. The molecular formula is C24H23FN2O6S. The lowest BCUT2D eigenvalue weighted by Crippen LogP contribution is -2.38. The molecule has 0 aliphatic heterocycles. The number of benzene rings is 3. The minimum atomic E-state index is -4.22. The number of nitrogens with zero attached hydrogens (tertiary/aromatic N) is 1. The van der Waals surface area contributed by atoms with Gasteiger partial charge in [-0.15, -0.1) is 0 Å². The predicted molar refractivity (Wildman–Crippen MR) is 125 cm³/mol. The Morgan fingerprint density at radius 1 is 0.971 bits per heavy atom. The monoisotopic (exact) mass is 486 g/mol. The Hall–Kier alpha value is -3.92. The minimum Gasteiger partial charge on any atom is -0.497 e. The molecule has 0 saturated heterocycles. The van der Waals surface area contributed by atoms with Gasteiger partial charge in [-0.05, 0) is 73.2 Å². The maximum Gasteiger partial charge on any atom is 0.337 e. The van der Waals surface area contributed by atoms with Crippen LogP contribution in [0.15, 0.2) is 71.6 Å². The SMILES string of the molecule is COC(=O)c1ccc(C)c(NC(=O)CN(c2ccc(OC)cc2)S(=O)(=O)c2ccc(F)cc2)c1. The van der Waals surface area contributed by atoms with E-state index in [0.29, 0.717) is 17.0 Å². The van der Waals surface area contributed by atoms with Gasteiger partial charge < -0.3 is 14.8 Å². The zero-order valence-electron chi connectivity index (χ0n) is 18.7. The highest BCUT2D eigenvalue weighted by Crippen LogP contribution is 2.26. The van der Waals surface area contributed by atoms with E-state index in [1.54, 1.807) is 31.2 Å². The van der Waals surface area contributed by atoms with E-state index in [9.17, 15) is 22.4 Å². The molecule has 10 heteroatoms. The fourth-order valence-electron chi connectivity index (χ4n) is 3.12. The van der Waals surface area contributed by atoms with Crippen molar-refractivity contribution in [2.45, 2.75) is 11.8 Å². The smallest absolute Gasteiger partial charge is 0.337 e. The molecule has 0 radical (unpaired) electrons. The number of anilines is 2. The number of hydrogen-bond donors (Lipinski definition) is 1. The van der Waals surface area contributed by atoms with Crippen molar-refractivity contribution in [3.05, 3.63) is 83.7 Å². The van der Waals surface area contributed by atoms with Crippen LogP contribution in [0.2, 0.25) is 0 Å². The van der Waals surface area contributed by atoms with E-state index < -0.39 is 34.3 Å². The number of rotatable bonds is 8. The van der Waals surface area contributed by atoms with Crippen LogP contribution < -0.4 is 14.4 Å². The molecule has 178 valence electrons. The second kappa shape index (κ2) is 10.3. The van der Waals surface area contributed by atoms with Crippen molar-refractivity contribution in [3.63, 3.8) is 0 Å². The van der Waals surface area contributed by atoms with Crippen LogP contribution in [0.5, 0.6) is 5.75 Å². The number of methoxy groups -OCH3 is 2. The molecule has 3 aromatic rings. The Morgan fingerprint density at radius 3 is 2.21 bits per heavy atom. The van der Waals surface area contributed by atoms with Crippen LogP contribution in [-0.4, -0.2) is 41.1 Å². The van der Waals surface area contributed by atoms with Gasteiger partial charge in [-0.25, -0.2) is 17.6 Å². The summed E-state index contributed by atoms with van der Waals surface area (Å²) in [4.78, 5) is 24.6. The first kappa shape index (κ1) is 24.7. The first-order valence-corrected chi connectivity index (χ1v) is 11.5. The third-order valence-corrected chi connectivity index (χ3v) is 6.77. The number of carbonyl (C=O) groups excluding carboxylic acids is 2. The van der Waals surface area contributed by atoms with E-state index in [2.05, 4.69) is 5.32 Å². The molecule has 3 aromatic carbocycles. The van der Waals surface area contributed by atoms with Crippen LogP contribution in [-0.2, 0) is 19.6 Å². The summed E-state index contributed by atoms with van der Waals surface area (Å²) in [6.45, 7) is 1.15. The number of amides is 1. The van der Waals surface area contributed by atoms with E-state index in [1.807, 2.05) is 0 Å². The minimum absolute atomic E-state index is 0.179. The second-order valence-electron chi connectivity index (χ2n) is 7.23. The first-order valence-electron chi connectivity index (χ1n) is 10.1. The molecule has 0 atom stereocenters. The molecule has 0 bridgehead atoms. The molecule has 0 aliphatic rings. The Kier molecular flexibility index (Phi) is 7.52. The molecule has 0 aromatic heterocycles. The largest absolute Gasteiger partial charge is 0.497 e. The molecule has 0 heterocycles. The van der Waals surface area contributed by atoms with Gasteiger partial charge in [0.15, 0.2) is 0 Å². The average Bonchev–Trinajstić information content (AvgIpc) is 2.83. The third kappa shape index (κ3) is 5.52. The summed E-state index contributed by atoms with van der Waals surface area (Å²) < 4.78 is 50.8. The highest BCUT2D eigenvalue weighted by Gasteiger charge is 2.27. The van der Waals surface area contributed by atoms with E-state index in [0.717, 1.165) is 28.6 Å². The lowest BCUT2D eigenvalue weighted by atomic mass is 10.1. The van der Waals surface area contributed by atoms with Gasteiger partial charge in [0.1, 0.15) is 18.1 Å². The van der Waals surface area contributed by atoms with Gasteiger partial charge in [-0.3, -0.25) is 9.10 Å². The van der Waals surface area contributed by atoms with Crippen molar-refractivity contribution >= 4 is 33.3 Å². The molecule has 34 heavy (non-hydrogen) atoms. The maximum absolute atomic E-state index is 13.4. The predicted octanol–water partition coefficient (Wildman–Crippen LogP) is 3.76. The van der Waals surface area contributed by atoms with Gasteiger partial charge in [0.05, 0.1) is 30.4 Å². The number of carbonyl (C=O) groups is 2. The molecule has 0 aliphatic carbocycles. The second-order valence-corrected chi connectivity index (χ2v) is 9.10. The van der Waals surface area contributed by atoms with Crippen LogP contribution in [0.3, 0.4) is 0 Å². The standard InChI is InChI=1S/C24H23FN2O6S/c1-16-4-5-17(24(29)33-3)14-22(16)26-23(28)15-27(19-8-10-20(32-2)11-9-19)34(30,31)21-12-6-18(25)7-13-21/h4-14H,15H2,1-3H3,(H,26,28). The summed E-state index contributed by atoms with van der Waals surface area (Å²) >= 11 is 0. The van der Waals surface area contributed by atoms with Crippen molar-refractivity contribution in [1.82, 2.24) is 0 Å². The van der Waals surface area contributed by atoms with Gasteiger partial charge >= 0.3 is 5.97 Å². The van der Waals surface area contributed by atoms with Crippen molar-refractivity contribution < 1.29 is 31.9 Å². The topological polar surface area (TPSA) is 102 Å². The van der Waals surface area contributed by atoms with E-state index in [4.69, 9.17) is 9.47 Å². The Morgan fingerprint density at radius 2 is 1.62 bits per heavy atom. The normalized spacial score (nSPS) is 10.9. The van der Waals surface area contributed by atoms with Crippen molar-refractivity contribution in [2.75, 3.05) is 30.4 Å². The Labute approximate surface area is 197 Å². The summed E-state index contributed by atoms with van der Waals surface area (Å²) in [5.41, 5.74) is 1.44. The quantitative estimate of drug-likeness (QED) is 0.487. The molecule has 3 rings (SSSR count). The van der Waals surface area contributed by atoms with E-state index >= 15 is 0 Å². The van der Waals surface area contributed by atoms with Crippen LogP contribution in [0.4, 0.5) is 15.8 Å². The van der Waals surface area contributed by atoms with E-state index in [1.165, 1.54) is 32.4 Å². The van der Waals surface area contributed by atoms with Gasteiger partial charge in [0, 0.05) is 5.69 Å². The van der Waals surface area contributed by atoms with Crippen molar-refractivity contribution in [2.24, 2.45) is 0 Å². The first-order chi connectivity index (χ1) is 16.1. The summed E-state index contributed by atoms with van der Waals surface area (Å²) in [7, 11) is -1.51. The summed E-state index contributed by atoms with van der Waals surface area (Å²) in [6, 6.07) is 15.1. The van der Waals surface area contributed by atoms with Gasteiger partial charge in [-0.2, -0.15) is 0 Å². The number of sulfonamides is 1. The van der Waals surface area contributed by atoms with Crippen LogP contribution >= 0.6 is 0 Å². The molecule has 8 nitrogen and oxygen atoms in total. The van der Waals surface area contributed by atoms with Gasteiger partial charge in [0.2, 0.25) is 5.91 Å². The van der Waals surface area contributed by atoms with Crippen LogP contribution in [0, 0.1) is 12.7 Å². The van der Waals surface area contributed by atoms with Crippen LogP contribution in [0.25, 0.3) is 0 Å². The van der Waals surface area contributed by atoms with Gasteiger partial charge in [-0.1, -0.05) is 6.07 Å². The summed E-state index contributed by atoms with van der Waals surface area (Å²) in [5, 5.41) is 2.65. The lowest BCUT2D eigenvalue weighted by molar-refractivity contribution is -0.114. The highest BCUT2D eigenvalue weighted by molar-refractivity contribution is 7.92. The number of ether oxygens (including phenoxy) is 2. The lowest BCUT2D eigenvalue weighted by Gasteiger charge is -2.24. The fraction of sp³-hybridized carbons (Fsp3) is 0.167. The van der Waals surface area contributed by atoms with Crippen LogP contribution in [0.1, 0.15) is 15.9 Å². The molecule has 1 N–H and O–H groups in total. The van der Waals surface area contributed by atoms with Crippen molar-refractivity contribution in [3.8, 4) is 5.75 Å². The summed E-state index contributed by atoms with van der Waals surface area (Å²) in [5.74, 6) is -1.31. The molecule has 0 saturated carbocycles. The maximum atomic E-state index is 13.4. The fourth-order valence-corrected chi connectivity index (χ4v) is 4.54. The molecule has 0 spiro atoms. The summed E-state index contributed by atoms with van der Waals surface area (Å²) in [6.07, 6.45) is 0. The van der Waals surface area contributed by atoms with E-state index in [-0.39, 0.29) is 16.1 Å². The average molecular weight is 487 g/mol. The molecular weight excluding hydrogens is 463 g/mol. The van der Waals surface area contributed by atoms with Gasteiger partial charge in [0.25, 0.3) is 10.0 Å². The molecule has 1 amide bonds. The number of nitrogens with one attached hydrogen (secondary N) is 1. The number of hydrogen-bond acceptors (Lipinski definition) is 6. The molecule has 0 unspecified atom stereocenters. The third-order valence-electron chi connectivity index (χ3n) is 4.98. The van der Waals surface area contributed by atoms with Crippen molar-refractivity contribution in [1.29, 1.82) is 0 Å².